The van der Waals surface area contributed by atoms with Crippen molar-refractivity contribution < 1.29 is 9.72 Å². The van der Waals surface area contributed by atoms with Crippen molar-refractivity contribution in [1.82, 2.24) is 0 Å². The fourth-order valence-electron chi connectivity index (χ4n) is 5.33. The van der Waals surface area contributed by atoms with Crippen LogP contribution >= 0.6 is 23.4 Å². The number of nitrogens with one attached hydrogen (secondary N) is 1. The summed E-state index contributed by atoms with van der Waals surface area (Å²) in [5.74, 6) is 2.93. The summed E-state index contributed by atoms with van der Waals surface area (Å²) in [6, 6.07) is 4.12. The number of amides is 1. The molecule has 0 saturated heterocycles. The lowest BCUT2D eigenvalue weighted by molar-refractivity contribution is -0.384. The number of carbonyl (C=O) groups excluding carboxylic acids is 1. The van der Waals surface area contributed by atoms with Gasteiger partial charge in [0.1, 0.15) is 0 Å². The van der Waals surface area contributed by atoms with Gasteiger partial charge in [-0.1, -0.05) is 11.6 Å². The Labute approximate surface area is 156 Å². The molecule has 0 spiro atoms. The molecule has 1 amide bonds. The Morgan fingerprint density at radius 3 is 2.36 bits per heavy atom. The summed E-state index contributed by atoms with van der Waals surface area (Å²) in [6.45, 7) is 0. The van der Waals surface area contributed by atoms with Crippen LogP contribution < -0.4 is 5.32 Å². The van der Waals surface area contributed by atoms with Crippen molar-refractivity contribution in [3.8, 4) is 0 Å². The number of nitro groups is 1. The van der Waals surface area contributed by atoms with Gasteiger partial charge >= 0.3 is 0 Å². The Kier molecular flexibility index (Phi) is 4.44. The molecule has 4 fully saturated rings. The molecule has 5 nitrogen and oxygen atoms in total. The molecule has 4 saturated carbocycles. The summed E-state index contributed by atoms with van der Waals surface area (Å²) >= 11 is 7.86. The highest BCUT2D eigenvalue weighted by atomic mass is 35.5. The van der Waals surface area contributed by atoms with Gasteiger partial charge < -0.3 is 5.32 Å². The third-order valence-electron chi connectivity index (χ3n) is 5.93. The van der Waals surface area contributed by atoms with E-state index in [4.69, 9.17) is 11.6 Å². The van der Waals surface area contributed by atoms with E-state index in [2.05, 4.69) is 5.32 Å². The highest BCUT2D eigenvalue weighted by molar-refractivity contribution is 8.01. The third-order valence-corrected chi connectivity index (χ3v) is 7.76. The fourth-order valence-corrected chi connectivity index (χ4v) is 7.12. The summed E-state index contributed by atoms with van der Waals surface area (Å²) in [6.07, 6.45) is 7.96. The number of nitrogens with zero attached hydrogens (tertiary/aromatic N) is 1. The summed E-state index contributed by atoms with van der Waals surface area (Å²) in [5, 5.41) is 13.7. The van der Waals surface area contributed by atoms with Crippen molar-refractivity contribution >= 4 is 40.6 Å². The van der Waals surface area contributed by atoms with Gasteiger partial charge in [0, 0.05) is 16.9 Å². The van der Waals surface area contributed by atoms with Gasteiger partial charge in [0.05, 0.1) is 21.4 Å². The number of rotatable bonds is 5. The molecule has 4 bridgehead atoms. The standard InChI is InChI=1S/C18H21ClN2O3S/c19-15-6-14(21(23)24)1-2-16(15)20-17(22)10-25-18-7-11-3-12(8-18)5-13(4-11)9-18/h1-2,6,11-13H,3-5,7-10H2,(H,20,22). The average molecular weight is 381 g/mol. The molecular weight excluding hydrogens is 360 g/mol. The lowest BCUT2D eigenvalue weighted by Crippen LogP contribution is -2.49. The van der Waals surface area contributed by atoms with E-state index in [-0.39, 0.29) is 16.6 Å². The second-order valence-corrected chi connectivity index (χ2v) is 9.71. The van der Waals surface area contributed by atoms with E-state index in [1.54, 1.807) is 0 Å². The molecule has 0 heterocycles. The zero-order chi connectivity index (χ0) is 17.6. The molecule has 134 valence electrons. The van der Waals surface area contributed by atoms with Crippen LogP contribution in [0.15, 0.2) is 18.2 Å². The minimum atomic E-state index is -0.500. The quantitative estimate of drug-likeness (QED) is 0.583. The highest BCUT2D eigenvalue weighted by Crippen LogP contribution is 2.60. The van der Waals surface area contributed by atoms with E-state index < -0.39 is 4.92 Å². The van der Waals surface area contributed by atoms with Crippen LogP contribution in [0.3, 0.4) is 0 Å². The van der Waals surface area contributed by atoms with Gasteiger partial charge in [-0.3, -0.25) is 14.9 Å². The molecular formula is C18H21ClN2O3S. The SMILES string of the molecule is O=C(CSC12CC3CC(CC(C3)C1)C2)Nc1ccc([N+](=O)[O-])cc1Cl. The predicted molar refractivity (Wildman–Crippen MR) is 100 cm³/mol. The van der Waals surface area contributed by atoms with Crippen LogP contribution in [0.5, 0.6) is 0 Å². The second kappa shape index (κ2) is 6.47. The molecule has 1 aromatic rings. The van der Waals surface area contributed by atoms with Crippen molar-refractivity contribution in [2.24, 2.45) is 17.8 Å². The number of anilines is 1. The van der Waals surface area contributed by atoms with Gasteiger partial charge in [-0.15, -0.1) is 11.8 Å². The summed E-state index contributed by atoms with van der Waals surface area (Å²) < 4.78 is 0.297. The molecule has 4 aliphatic rings. The number of non-ortho nitro benzene ring substituents is 1. The number of benzene rings is 1. The molecule has 1 aromatic carbocycles. The van der Waals surface area contributed by atoms with Gasteiger partial charge in [0.15, 0.2) is 0 Å². The first-order valence-electron chi connectivity index (χ1n) is 8.80. The normalized spacial score (nSPS) is 32.6. The molecule has 7 heteroatoms. The van der Waals surface area contributed by atoms with Crippen LogP contribution in [-0.4, -0.2) is 21.3 Å². The van der Waals surface area contributed by atoms with Crippen LogP contribution in [0.25, 0.3) is 0 Å². The largest absolute Gasteiger partial charge is 0.324 e. The zero-order valence-corrected chi connectivity index (χ0v) is 15.4. The maximum absolute atomic E-state index is 12.4. The lowest BCUT2D eigenvalue weighted by atomic mass is 9.56. The average Bonchev–Trinajstić information content (AvgIpc) is 2.53. The highest BCUT2D eigenvalue weighted by Gasteiger charge is 2.51. The second-order valence-electron chi connectivity index (χ2n) is 7.86. The Balaban J connectivity index is 1.36. The predicted octanol–water partition coefficient (Wildman–Crippen LogP) is 4.89. The number of hydrogen-bond donors (Lipinski definition) is 1. The smallest absolute Gasteiger partial charge is 0.271 e. The van der Waals surface area contributed by atoms with E-state index in [0.717, 1.165) is 17.8 Å². The third kappa shape index (κ3) is 3.51. The molecule has 0 radical (unpaired) electrons. The fraction of sp³-hybridized carbons (Fsp3) is 0.611. The first kappa shape index (κ1) is 17.2. The van der Waals surface area contributed by atoms with E-state index in [9.17, 15) is 14.9 Å². The van der Waals surface area contributed by atoms with Gasteiger partial charge in [-0.05, 0) is 62.3 Å². The molecule has 4 aliphatic carbocycles. The molecule has 1 N–H and O–H groups in total. The molecule has 0 atom stereocenters. The lowest BCUT2D eigenvalue weighted by Gasteiger charge is -2.56. The van der Waals surface area contributed by atoms with Gasteiger partial charge in [0.2, 0.25) is 5.91 Å². The molecule has 5 rings (SSSR count). The number of halogens is 1. The zero-order valence-electron chi connectivity index (χ0n) is 13.9. The maximum Gasteiger partial charge on any atom is 0.271 e. The Hall–Kier alpha value is -1.27. The summed E-state index contributed by atoms with van der Waals surface area (Å²) in [7, 11) is 0. The minimum Gasteiger partial charge on any atom is -0.324 e. The van der Waals surface area contributed by atoms with Crippen LogP contribution in [0.4, 0.5) is 11.4 Å². The molecule has 0 aromatic heterocycles. The Morgan fingerprint density at radius 2 is 1.84 bits per heavy atom. The monoisotopic (exact) mass is 380 g/mol. The first-order valence-corrected chi connectivity index (χ1v) is 10.2. The topological polar surface area (TPSA) is 72.2 Å². The van der Waals surface area contributed by atoms with Gasteiger partial charge in [0.25, 0.3) is 5.69 Å². The summed E-state index contributed by atoms with van der Waals surface area (Å²) in [5.41, 5.74) is 0.356. The number of carbonyl (C=O) groups is 1. The Bertz CT molecular complexity index is 689. The van der Waals surface area contributed by atoms with Crippen LogP contribution in [0.2, 0.25) is 5.02 Å². The number of thioether (sulfide) groups is 1. The van der Waals surface area contributed by atoms with Crippen LogP contribution in [-0.2, 0) is 4.79 Å². The molecule has 25 heavy (non-hydrogen) atoms. The van der Waals surface area contributed by atoms with Crippen molar-refractivity contribution in [2.75, 3.05) is 11.1 Å². The first-order chi connectivity index (χ1) is 11.9. The van der Waals surface area contributed by atoms with Crippen molar-refractivity contribution in [1.29, 1.82) is 0 Å². The van der Waals surface area contributed by atoms with Crippen molar-refractivity contribution in [2.45, 2.75) is 43.3 Å². The molecule has 0 unspecified atom stereocenters. The van der Waals surface area contributed by atoms with E-state index >= 15 is 0 Å². The van der Waals surface area contributed by atoms with Gasteiger partial charge in [-0.2, -0.15) is 0 Å². The van der Waals surface area contributed by atoms with Gasteiger partial charge in [-0.25, -0.2) is 0 Å². The van der Waals surface area contributed by atoms with Crippen molar-refractivity contribution in [3.63, 3.8) is 0 Å². The van der Waals surface area contributed by atoms with Crippen LogP contribution in [0.1, 0.15) is 38.5 Å². The van der Waals surface area contributed by atoms with E-state index in [1.165, 1.54) is 56.7 Å². The molecule has 0 aliphatic heterocycles. The maximum atomic E-state index is 12.4. The van der Waals surface area contributed by atoms with E-state index in [0.29, 0.717) is 16.2 Å². The number of nitro benzene ring substituents is 1. The number of hydrogen-bond acceptors (Lipinski definition) is 4. The Morgan fingerprint density at radius 1 is 1.24 bits per heavy atom. The van der Waals surface area contributed by atoms with Crippen molar-refractivity contribution in [3.05, 3.63) is 33.3 Å². The van der Waals surface area contributed by atoms with Crippen LogP contribution in [0, 0.1) is 27.9 Å². The van der Waals surface area contributed by atoms with E-state index in [1.807, 2.05) is 11.8 Å². The summed E-state index contributed by atoms with van der Waals surface area (Å²) in [4.78, 5) is 22.6. The minimum absolute atomic E-state index is 0.0778.